The molecule has 0 aliphatic rings. The summed E-state index contributed by atoms with van der Waals surface area (Å²) in [5, 5.41) is 3.00. The lowest BCUT2D eigenvalue weighted by Gasteiger charge is -2.09. The molecule has 1 amide bonds. The van der Waals surface area contributed by atoms with E-state index in [0.29, 0.717) is 18.0 Å². The number of pyridine rings is 1. The summed E-state index contributed by atoms with van der Waals surface area (Å²) in [4.78, 5) is 17.6. The molecule has 25 heavy (non-hydrogen) atoms. The van der Waals surface area contributed by atoms with Crippen molar-refractivity contribution in [3.8, 4) is 0 Å². The zero-order chi connectivity index (χ0) is 18.1. The van der Waals surface area contributed by atoms with E-state index in [1.165, 1.54) is 5.56 Å². The Bertz CT molecular complexity index is 926. The smallest absolute Gasteiger partial charge is 0.274 e. The van der Waals surface area contributed by atoms with Crippen LogP contribution in [0.25, 0.3) is 5.65 Å². The van der Waals surface area contributed by atoms with Crippen LogP contribution in [0.5, 0.6) is 0 Å². The highest BCUT2D eigenvalue weighted by atomic mass is 79.9. The van der Waals surface area contributed by atoms with Crippen molar-refractivity contribution in [1.82, 2.24) is 9.38 Å². The van der Waals surface area contributed by atoms with E-state index in [9.17, 15) is 4.79 Å². The number of aryl methyl sites for hydroxylation is 2. The van der Waals surface area contributed by atoms with E-state index in [4.69, 9.17) is 0 Å². The normalized spacial score (nSPS) is 11.3. The van der Waals surface area contributed by atoms with Gasteiger partial charge in [0.2, 0.25) is 0 Å². The lowest BCUT2D eigenvalue weighted by atomic mass is 10.0. The quantitative estimate of drug-likeness (QED) is 0.642. The minimum absolute atomic E-state index is 0.140. The van der Waals surface area contributed by atoms with Gasteiger partial charge in [0.1, 0.15) is 5.69 Å². The highest BCUT2D eigenvalue weighted by Crippen LogP contribution is 2.24. The number of hydrogen-bond acceptors (Lipinski definition) is 2. The summed E-state index contributed by atoms with van der Waals surface area (Å²) in [5.74, 6) is 0.328. The minimum Gasteiger partial charge on any atom is -0.321 e. The maximum atomic E-state index is 12.9. The van der Waals surface area contributed by atoms with Gasteiger partial charge in [-0.1, -0.05) is 32.9 Å². The van der Waals surface area contributed by atoms with Gasteiger partial charge in [-0.15, -0.1) is 0 Å². The van der Waals surface area contributed by atoms with Crippen LogP contribution in [-0.4, -0.2) is 15.3 Å². The number of rotatable bonds is 4. The van der Waals surface area contributed by atoms with Crippen LogP contribution >= 0.6 is 15.9 Å². The highest BCUT2D eigenvalue weighted by molar-refractivity contribution is 9.10. The lowest BCUT2D eigenvalue weighted by molar-refractivity contribution is 0.102. The second-order valence-electron chi connectivity index (χ2n) is 6.55. The molecule has 2 heterocycles. The molecule has 0 fully saturated rings. The van der Waals surface area contributed by atoms with E-state index in [2.05, 4.69) is 52.2 Å². The van der Waals surface area contributed by atoms with Crippen molar-refractivity contribution in [2.24, 2.45) is 0 Å². The molecule has 2 aromatic heterocycles. The Labute approximate surface area is 156 Å². The maximum Gasteiger partial charge on any atom is 0.274 e. The van der Waals surface area contributed by atoms with Gasteiger partial charge in [0.15, 0.2) is 5.65 Å². The van der Waals surface area contributed by atoms with Crippen LogP contribution in [0.15, 0.2) is 41.0 Å². The number of carbonyl (C=O) groups excluding carboxylic acids is 1. The Balaban J connectivity index is 1.99. The summed E-state index contributed by atoms with van der Waals surface area (Å²) in [6.07, 6.45) is 2.64. The van der Waals surface area contributed by atoms with Crippen molar-refractivity contribution >= 4 is 33.2 Å². The van der Waals surface area contributed by atoms with Crippen molar-refractivity contribution in [1.29, 1.82) is 0 Å². The molecule has 0 radical (unpaired) electrons. The number of nitrogens with one attached hydrogen (secondary N) is 1. The molecule has 0 unspecified atom stereocenters. The lowest BCUT2D eigenvalue weighted by Crippen LogP contribution is -2.16. The summed E-state index contributed by atoms with van der Waals surface area (Å²) in [6.45, 7) is 8.32. The first-order valence-electron chi connectivity index (χ1n) is 8.49. The number of halogens is 1. The number of fused-ring (bicyclic) bond motifs is 1. The second-order valence-corrected chi connectivity index (χ2v) is 7.40. The van der Waals surface area contributed by atoms with Crippen LogP contribution in [0.3, 0.4) is 0 Å². The van der Waals surface area contributed by atoms with Crippen LogP contribution in [0.4, 0.5) is 5.69 Å². The molecule has 1 N–H and O–H groups in total. The van der Waals surface area contributed by atoms with E-state index in [-0.39, 0.29) is 5.91 Å². The summed E-state index contributed by atoms with van der Waals surface area (Å²) in [7, 11) is 0. The first kappa shape index (κ1) is 17.7. The molecule has 0 atom stereocenters. The van der Waals surface area contributed by atoms with Gasteiger partial charge < -0.3 is 5.32 Å². The van der Waals surface area contributed by atoms with Crippen LogP contribution in [0, 0.1) is 6.92 Å². The van der Waals surface area contributed by atoms with Crippen molar-refractivity contribution in [2.45, 2.75) is 40.0 Å². The number of amides is 1. The average molecular weight is 400 g/mol. The van der Waals surface area contributed by atoms with Crippen molar-refractivity contribution in [2.75, 3.05) is 5.32 Å². The van der Waals surface area contributed by atoms with E-state index in [1.54, 1.807) is 0 Å². The fourth-order valence-electron chi connectivity index (χ4n) is 2.91. The van der Waals surface area contributed by atoms with Gasteiger partial charge in [0, 0.05) is 11.9 Å². The van der Waals surface area contributed by atoms with Gasteiger partial charge in [-0.3, -0.25) is 9.20 Å². The number of hydrogen-bond donors (Lipinski definition) is 1. The molecular formula is C20H22BrN3O. The zero-order valence-electron chi connectivity index (χ0n) is 14.9. The molecule has 4 nitrogen and oxygen atoms in total. The predicted molar refractivity (Wildman–Crippen MR) is 105 cm³/mol. The molecular weight excluding hydrogens is 378 g/mol. The van der Waals surface area contributed by atoms with Crippen LogP contribution < -0.4 is 5.32 Å². The van der Waals surface area contributed by atoms with E-state index < -0.39 is 0 Å². The Morgan fingerprint density at radius 3 is 2.56 bits per heavy atom. The monoisotopic (exact) mass is 399 g/mol. The number of aromatic nitrogens is 2. The fraction of sp³-hybridized carbons (Fsp3) is 0.300. The third-order valence-electron chi connectivity index (χ3n) is 4.27. The van der Waals surface area contributed by atoms with Gasteiger partial charge in [-0.05, 0) is 64.5 Å². The summed E-state index contributed by atoms with van der Waals surface area (Å²) < 4.78 is 2.76. The Kier molecular flexibility index (Phi) is 4.95. The molecule has 0 saturated carbocycles. The summed E-state index contributed by atoms with van der Waals surface area (Å²) in [5.41, 5.74) is 5.26. The third kappa shape index (κ3) is 3.47. The van der Waals surface area contributed by atoms with Crippen LogP contribution in [0.2, 0.25) is 0 Å². The van der Waals surface area contributed by atoms with Crippen molar-refractivity contribution < 1.29 is 4.79 Å². The maximum absolute atomic E-state index is 12.9. The Morgan fingerprint density at radius 1 is 1.28 bits per heavy atom. The number of imidazole rings is 1. The summed E-state index contributed by atoms with van der Waals surface area (Å²) >= 11 is 3.55. The molecule has 5 heteroatoms. The molecule has 3 rings (SSSR count). The standard InChI is InChI=1S/C20H22BrN3O/c1-5-17-18(24-11-13(4)10-16(21)19(24)23-17)20(25)22-15-8-6-14(7-9-15)12(2)3/h6-12H,5H2,1-4H3,(H,22,25). The molecule has 0 bridgehead atoms. The van der Waals surface area contributed by atoms with Crippen LogP contribution in [0.1, 0.15) is 54.0 Å². The van der Waals surface area contributed by atoms with E-state index >= 15 is 0 Å². The van der Waals surface area contributed by atoms with Gasteiger partial charge in [-0.2, -0.15) is 0 Å². The largest absolute Gasteiger partial charge is 0.321 e. The van der Waals surface area contributed by atoms with E-state index in [1.807, 2.05) is 42.6 Å². The van der Waals surface area contributed by atoms with Crippen molar-refractivity contribution in [3.05, 3.63) is 63.5 Å². The molecule has 0 aliphatic heterocycles. The molecule has 130 valence electrons. The fourth-order valence-corrected chi connectivity index (χ4v) is 3.55. The second kappa shape index (κ2) is 7.00. The number of nitrogens with zero attached hydrogens (tertiary/aromatic N) is 2. The highest BCUT2D eigenvalue weighted by Gasteiger charge is 2.20. The third-order valence-corrected chi connectivity index (χ3v) is 4.85. The average Bonchev–Trinajstić information content (AvgIpc) is 2.94. The SMILES string of the molecule is CCc1nc2c(Br)cc(C)cn2c1C(=O)Nc1ccc(C(C)C)cc1. The zero-order valence-corrected chi connectivity index (χ0v) is 16.5. The van der Waals surface area contributed by atoms with Crippen molar-refractivity contribution in [3.63, 3.8) is 0 Å². The number of benzene rings is 1. The molecule has 0 spiro atoms. The van der Waals surface area contributed by atoms with Gasteiger partial charge in [0.25, 0.3) is 5.91 Å². The predicted octanol–water partition coefficient (Wildman–Crippen LogP) is 5.34. The molecule has 0 saturated heterocycles. The molecule has 0 aliphatic carbocycles. The molecule has 3 aromatic rings. The van der Waals surface area contributed by atoms with Gasteiger partial charge >= 0.3 is 0 Å². The number of carbonyl (C=O) groups is 1. The minimum atomic E-state index is -0.140. The van der Waals surface area contributed by atoms with Gasteiger partial charge in [0.05, 0.1) is 10.2 Å². The van der Waals surface area contributed by atoms with E-state index in [0.717, 1.165) is 27.1 Å². The van der Waals surface area contributed by atoms with Crippen LogP contribution in [-0.2, 0) is 6.42 Å². The number of anilines is 1. The topological polar surface area (TPSA) is 46.4 Å². The first-order valence-corrected chi connectivity index (χ1v) is 9.28. The summed E-state index contributed by atoms with van der Waals surface area (Å²) in [6, 6.07) is 10.0. The molecule has 1 aromatic carbocycles. The van der Waals surface area contributed by atoms with Gasteiger partial charge in [-0.25, -0.2) is 4.98 Å². The Morgan fingerprint density at radius 2 is 1.96 bits per heavy atom. The first-order chi connectivity index (χ1) is 11.9. The Hall–Kier alpha value is -2.14.